The van der Waals surface area contributed by atoms with E-state index in [1.165, 1.54) is 11.9 Å². The number of rotatable bonds is 4. The number of carbonyl (C=O) groups excluding carboxylic acids is 3. The predicted molar refractivity (Wildman–Crippen MR) is 68.3 cm³/mol. The Morgan fingerprint density at radius 1 is 1.42 bits per heavy atom. The van der Waals surface area contributed by atoms with Gasteiger partial charge in [0.2, 0.25) is 5.91 Å². The minimum Gasteiger partial charge on any atom is -0.394 e. The number of nitrogens with one attached hydrogen (secondary N) is 1. The lowest BCUT2D eigenvalue weighted by Crippen LogP contribution is -2.52. The van der Waals surface area contributed by atoms with Crippen LogP contribution in [0.25, 0.3) is 0 Å². The van der Waals surface area contributed by atoms with Gasteiger partial charge in [0.05, 0.1) is 12.1 Å². The summed E-state index contributed by atoms with van der Waals surface area (Å²) in [7, 11) is 1.53. The Bertz CT molecular complexity index is 417. The Morgan fingerprint density at radius 2 is 1.95 bits per heavy atom. The van der Waals surface area contributed by atoms with Crippen LogP contribution >= 0.6 is 0 Å². The third kappa shape index (κ3) is 2.86. The fraction of sp³-hybridized carbons (Fsp3) is 0.750. The zero-order chi connectivity index (χ0) is 15.0. The lowest BCUT2D eigenvalue weighted by molar-refractivity contribution is -0.141. The first-order valence-corrected chi connectivity index (χ1v) is 6.04. The average Bonchev–Trinajstić information content (AvgIpc) is 2.50. The lowest BCUT2D eigenvalue weighted by Gasteiger charge is -2.34. The van der Waals surface area contributed by atoms with Gasteiger partial charge in [-0.15, -0.1) is 0 Å². The standard InChI is InChI=1S/C12H21N3O4/c1-11(2,7-16)14(5)8(17)6-15-9(18)12(3,4)13-10(15)19/h16H,6-7H2,1-5H3,(H,13,19). The molecule has 0 aromatic heterocycles. The average molecular weight is 271 g/mol. The largest absolute Gasteiger partial charge is 0.394 e. The second kappa shape index (κ2) is 4.80. The molecule has 0 unspecified atom stereocenters. The van der Waals surface area contributed by atoms with E-state index in [-0.39, 0.29) is 13.2 Å². The first kappa shape index (κ1) is 15.4. The van der Waals surface area contributed by atoms with Gasteiger partial charge in [0.25, 0.3) is 5.91 Å². The molecule has 7 nitrogen and oxygen atoms in total. The Balaban J connectivity index is 2.79. The van der Waals surface area contributed by atoms with Crippen LogP contribution in [0, 0.1) is 0 Å². The Hall–Kier alpha value is -1.63. The molecule has 1 fully saturated rings. The first-order valence-electron chi connectivity index (χ1n) is 6.04. The van der Waals surface area contributed by atoms with Crippen LogP contribution in [-0.2, 0) is 9.59 Å². The third-order valence-corrected chi connectivity index (χ3v) is 3.41. The highest BCUT2D eigenvalue weighted by atomic mass is 16.3. The molecule has 1 saturated heterocycles. The van der Waals surface area contributed by atoms with Gasteiger partial charge in [-0.3, -0.25) is 14.5 Å². The van der Waals surface area contributed by atoms with Gasteiger partial charge in [-0.05, 0) is 27.7 Å². The van der Waals surface area contributed by atoms with Crippen LogP contribution in [0.1, 0.15) is 27.7 Å². The molecule has 1 aliphatic heterocycles. The van der Waals surface area contributed by atoms with Crippen molar-refractivity contribution in [2.75, 3.05) is 20.2 Å². The summed E-state index contributed by atoms with van der Waals surface area (Å²) < 4.78 is 0. The summed E-state index contributed by atoms with van der Waals surface area (Å²) >= 11 is 0. The van der Waals surface area contributed by atoms with Gasteiger partial charge in [-0.2, -0.15) is 0 Å². The highest BCUT2D eigenvalue weighted by molar-refractivity contribution is 6.08. The minimum absolute atomic E-state index is 0.207. The van der Waals surface area contributed by atoms with E-state index in [1.807, 2.05) is 0 Å². The van der Waals surface area contributed by atoms with Crippen molar-refractivity contribution in [2.24, 2.45) is 0 Å². The number of amides is 4. The molecule has 4 amide bonds. The summed E-state index contributed by atoms with van der Waals surface area (Å²) in [5.74, 6) is -0.832. The number of urea groups is 1. The number of likely N-dealkylation sites (N-methyl/N-ethyl adjacent to an activating group) is 1. The summed E-state index contributed by atoms with van der Waals surface area (Å²) in [6, 6.07) is -0.571. The molecule has 0 aromatic rings. The monoisotopic (exact) mass is 271 g/mol. The second-order valence-electron chi connectivity index (χ2n) is 5.87. The highest BCUT2D eigenvalue weighted by Gasteiger charge is 2.45. The topological polar surface area (TPSA) is 90.0 Å². The lowest BCUT2D eigenvalue weighted by atomic mass is 10.0. The van der Waals surface area contributed by atoms with Crippen molar-refractivity contribution in [1.82, 2.24) is 15.1 Å². The molecule has 1 aliphatic rings. The van der Waals surface area contributed by atoms with Crippen LogP contribution in [0.15, 0.2) is 0 Å². The quantitative estimate of drug-likeness (QED) is 0.677. The van der Waals surface area contributed by atoms with E-state index in [4.69, 9.17) is 0 Å². The van der Waals surface area contributed by atoms with Gasteiger partial charge in [0, 0.05) is 7.05 Å². The second-order valence-corrected chi connectivity index (χ2v) is 5.87. The molecule has 0 bridgehead atoms. The van der Waals surface area contributed by atoms with E-state index in [1.54, 1.807) is 27.7 Å². The molecule has 0 aromatic carbocycles. The summed E-state index contributed by atoms with van der Waals surface area (Å²) in [6.07, 6.45) is 0. The van der Waals surface area contributed by atoms with Gasteiger partial charge in [-0.25, -0.2) is 4.79 Å². The highest BCUT2D eigenvalue weighted by Crippen LogP contribution is 2.18. The zero-order valence-electron chi connectivity index (χ0n) is 12.0. The molecule has 2 N–H and O–H groups in total. The summed E-state index contributed by atoms with van der Waals surface area (Å²) in [5.41, 5.74) is -1.73. The maximum absolute atomic E-state index is 12.0. The van der Waals surface area contributed by atoms with Crippen LogP contribution in [0.5, 0.6) is 0 Å². The molecule has 19 heavy (non-hydrogen) atoms. The van der Waals surface area contributed by atoms with Crippen molar-refractivity contribution in [3.05, 3.63) is 0 Å². The Morgan fingerprint density at radius 3 is 2.32 bits per heavy atom. The molecule has 0 saturated carbocycles. The number of hydrogen-bond acceptors (Lipinski definition) is 4. The predicted octanol–water partition coefficient (Wildman–Crippen LogP) is -0.454. The smallest absolute Gasteiger partial charge is 0.325 e. The number of aliphatic hydroxyl groups is 1. The van der Waals surface area contributed by atoms with E-state index < -0.39 is 28.9 Å². The van der Waals surface area contributed by atoms with E-state index in [9.17, 15) is 19.5 Å². The molecule has 0 spiro atoms. The van der Waals surface area contributed by atoms with Crippen molar-refractivity contribution in [1.29, 1.82) is 0 Å². The maximum Gasteiger partial charge on any atom is 0.325 e. The number of aliphatic hydroxyl groups excluding tert-OH is 1. The zero-order valence-corrected chi connectivity index (χ0v) is 12.0. The normalized spacial score (nSPS) is 18.5. The third-order valence-electron chi connectivity index (χ3n) is 3.41. The Labute approximate surface area is 112 Å². The van der Waals surface area contributed by atoms with Crippen LogP contribution in [0.3, 0.4) is 0 Å². The molecular weight excluding hydrogens is 250 g/mol. The molecule has 108 valence electrons. The van der Waals surface area contributed by atoms with Gasteiger partial charge in [-0.1, -0.05) is 0 Å². The van der Waals surface area contributed by atoms with Crippen LogP contribution in [0.2, 0.25) is 0 Å². The first-order chi connectivity index (χ1) is 8.53. The van der Waals surface area contributed by atoms with E-state index in [0.29, 0.717) is 0 Å². The maximum atomic E-state index is 12.0. The van der Waals surface area contributed by atoms with Crippen LogP contribution in [0.4, 0.5) is 4.79 Å². The Kier molecular flexibility index (Phi) is 3.90. The fourth-order valence-corrected chi connectivity index (χ4v) is 1.65. The fourth-order valence-electron chi connectivity index (χ4n) is 1.65. The molecule has 0 atom stereocenters. The van der Waals surface area contributed by atoms with Crippen molar-refractivity contribution < 1.29 is 19.5 Å². The SMILES string of the molecule is CN(C(=O)CN1C(=O)NC(C)(C)C1=O)C(C)(C)CO. The van der Waals surface area contributed by atoms with Crippen molar-refractivity contribution >= 4 is 17.8 Å². The van der Waals surface area contributed by atoms with Crippen molar-refractivity contribution in [3.63, 3.8) is 0 Å². The molecule has 0 radical (unpaired) electrons. The molecule has 1 heterocycles. The number of imide groups is 1. The minimum atomic E-state index is -0.984. The van der Waals surface area contributed by atoms with E-state index >= 15 is 0 Å². The number of hydrogen-bond donors (Lipinski definition) is 2. The summed E-state index contributed by atoms with van der Waals surface area (Å²) in [4.78, 5) is 37.9. The number of nitrogens with zero attached hydrogens (tertiary/aromatic N) is 2. The molecule has 0 aliphatic carbocycles. The summed E-state index contributed by atoms with van der Waals surface area (Å²) in [5, 5.41) is 11.7. The molecular formula is C12H21N3O4. The van der Waals surface area contributed by atoms with Crippen LogP contribution < -0.4 is 5.32 Å². The van der Waals surface area contributed by atoms with E-state index in [2.05, 4.69) is 5.32 Å². The van der Waals surface area contributed by atoms with Crippen molar-refractivity contribution in [3.8, 4) is 0 Å². The van der Waals surface area contributed by atoms with Gasteiger partial charge < -0.3 is 15.3 Å². The number of carbonyl (C=O) groups is 3. The van der Waals surface area contributed by atoms with Crippen LogP contribution in [-0.4, -0.2) is 64.0 Å². The summed E-state index contributed by atoms with van der Waals surface area (Å²) in [6.45, 7) is 6.02. The van der Waals surface area contributed by atoms with Crippen molar-refractivity contribution in [2.45, 2.75) is 38.8 Å². The molecule has 1 rings (SSSR count). The van der Waals surface area contributed by atoms with Gasteiger partial charge >= 0.3 is 6.03 Å². The molecule has 7 heteroatoms. The van der Waals surface area contributed by atoms with Gasteiger partial charge in [0.1, 0.15) is 12.1 Å². The van der Waals surface area contributed by atoms with Gasteiger partial charge in [0.15, 0.2) is 0 Å². The van der Waals surface area contributed by atoms with E-state index in [0.717, 1.165) is 4.90 Å².